The largest absolute Gasteiger partial charge is 1.00 e. The molecule has 0 saturated heterocycles. The van der Waals surface area contributed by atoms with Crippen LogP contribution in [0.5, 0.6) is 0 Å². The lowest BCUT2D eigenvalue weighted by molar-refractivity contribution is -0.454. The number of nitrogens with zero attached hydrogens (tertiary/aromatic N) is 3. The second kappa shape index (κ2) is 25.7. The average Bonchev–Trinajstić information content (AvgIpc) is 3.98. The van der Waals surface area contributed by atoms with E-state index in [0.29, 0.717) is 35.6 Å². The second-order valence-electron chi connectivity index (χ2n) is 15.6. The molecule has 2 atom stereocenters. The van der Waals surface area contributed by atoms with Gasteiger partial charge in [0.2, 0.25) is 14.7 Å². The first-order valence-corrected chi connectivity index (χ1v) is 26.2. The van der Waals surface area contributed by atoms with E-state index in [1.807, 2.05) is 143 Å². The number of benzene rings is 4. The van der Waals surface area contributed by atoms with Crippen molar-refractivity contribution in [3.05, 3.63) is 140 Å². The number of hydrogen-bond donors (Lipinski definition) is 3. The maximum Gasteiger partial charge on any atom is 0.204 e. The lowest BCUT2D eigenvalue weighted by atomic mass is 10.2. The van der Waals surface area contributed by atoms with Crippen molar-refractivity contribution in [1.82, 2.24) is 24.4 Å². The summed E-state index contributed by atoms with van der Waals surface area (Å²) in [6, 6.07) is 25.1. The number of halogens is 5. The Morgan fingerprint density at radius 2 is 1.09 bits per heavy atom. The van der Waals surface area contributed by atoms with Gasteiger partial charge in [0.05, 0.1) is 25.5 Å². The van der Waals surface area contributed by atoms with Crippen molar-refractivity contribution in [2.75, 3.05) is 54.7 Å². The Morgan fingerprint density at radius 1 is 0.656 bits per heavy atom. The van der Waals surface area contributed by atoms with Crippen LogP contribution in [0.3, 0.4) is 0 Å². The lowest BCUT2D eigenvalue weighted by Gasteiger charge is -2.11. The van der Waals surface area contributed by atoms with Crippen LogP contribution in [-0.4, -0.2) is 90.4 Å². The van der Waals surface area contributed by atoms with Crippen LogP contribution in [0, 0.1) is 0 Å². The van der Waals surface area contributed by atoms with Crippen molar-refractivity contribution >= 4 is 111 Å². The van der Waals surface area contributed by atoms with E-state index in [1.54, 1.807) is 17.9 Å². The first kappa shape index (κ1) is 55.3. The number of aromatic amines is 3. The van der Waals surface area contributed by atoms with Gasteiger partial charge < -0.3 is 57.4 Å². The highest BCUT2D eigenvalue weighted by atomic mass is 127. The van der Waals surface area contributed by atoms with Crippen molar-refractivity contribution in [2.45, 2.75) is 32.7 Å². The van der Waals surface area contributed by atoms with Gasteiger partial charge in [-0.25, -0.2) is 4.58 Å². The molecule has 10 nitrogen and oxygen atoms in total. The summed E-state index contributed by atoms with van der Waals surface area (Å²) in [4.78, 5) is 11.6. The van der Waals surface area contributed by atoms with E-state index in [2.05, 4.69) is 40.7 Å². The molecule has 0 fully saturated rings. The fourth-order valence-electron chi connectivity index (χ4n) is 6.76. The number of aromatic nitrogens is 4. The summed E-state index contributed by atoms with van der Waals surface area (Å²) in [5.74, 6) is 0. The van der Waals surface area contributed by atoms with Gasteiger partial charge in [-0.1, -0.05) is 46.4 Å². The van der Waals surface area contributed by atoms with Crippen LogP contribution < -0.4 is 24.0 Å². The maximum atomic E-state index is 12.3. The summed E-state index contributed by atoms with van der Waals surface area (Å²) >= 11 is 23.7. The summed E-state index contributed by atoms with van der Waals surface area (Å²) in [5.41, 5.74) is 7.66. The van der Waals surface area contributed by atoms with Crippen LogP contribution in [-0.2, 0) is 44.1 Å². The van der Waals surface area contributed by atoms with Crippen LogP contribution in [0.25, 0.3) is 43.6 Å². The molecule has 4 aromatic carbocycles. The zero-order valence-corrected chi connectivity index (χ0v) is 44.8. The van der Waals surface area contributed by atoms with Crippen molar-refractivity contribution < 1.29 is 46.7 Å². The number of fused-ring (bicyclic) bond motifs is 4. The van der Waals surface area contributed by atoms with Crippen LogP contribution in [0.2, 0.25) is 20.1 Å². The van der Waals surface area contributed by atoms with Crippen LogP contribution in [0.1, 0.15) is 30.5 Å². The molecule has 0 radical (unpaired) electrons. The molecule has 8 rings (SSSR count). The van der Waals surface area contributed by atoms with Crippen LogP contribution in [0.15, 0.2) is 104 Å². The van der Waals surface area contributed by atoms with Gasteiger partial charge in [-0.05, 0) is 123 Å². The fourth-order valence-corrected chi connectivity index (χ4v) is 10.5. The third-order valence-corrected chi connectivity index (χ3v) is 13.6. The van der Waals surface area contributed by atoms with E-state index in [9.17, 15) is 9.13 Å². The van der Waals surface area contributed by atoms with Gasteiger partial charge in [0.1, 0.15) is 20.8 Å². The molecule has 2 unspecified atom stereocenters. The topological polar surface area (TPSA) is 111 Å². The lowest BCUT2D eigenvalue weighted by Crippen LogP contribution is -3.00. The Labute approximate surface area is 414 Å². The Hall–Kier alpha value is -3.06. The highest BCUT2D eigenvalue weighted by Crippen LogP contribution is 2.48. The maximum absolute atomic E-state index is 12.3. The first-order valence-electron chi connectivity index (χ1n) is 20.2. The molecule has 0 amide bonds. The molecule has 17 heteroatoms. The van der Waals surface area contributed by atoms with Crippen molar-refractivity contribution in [1.29, 1.82) is 0 Å². The van der Waals surface area contributed by atoms with Crippen molar-refractivity contribution in [2.24, 2.45) is 7.05 Å². The average molecular weight is 1100 g/mol. The predicted octanol–water partition coefficient (Wildman–Crippen LogP) is 11.2. The Morgan fingerprint density at radius 3 is 1.61 bits per heavy atom. The third kappa shape index (κ3) is 17.3. The number of H-pyrrole nitrogens is 3. The normalized spacial score (nSPS) is 12.7. The molecular formula is C47H59Cl4IN6O4P2. The fraction of sp³-hybridized carbons (Fsp3) is 0.298. The minimum Gasteiger partial charge on any atom is -1.00 e. The second-order valence-corrected chi connectivity index (χ2v) is 22.6. The molecule has 0 aliphatic rings. The molecule has 8 aromatic rings. The van der Waals surface area contributed by atoms with Gasteiger partial charge in [-0.15, -0.1) is 0 Å². The molecule has 0 aliphatic heterocycles. The highest BCUT2D eigenvalue weighted by molar-refractivity contribution is 7.57. The zero-order chi connectivity index (χ0) is 46.5. The van der Waals surface area contributed by atoms with E-state index in [4.69, 9.17) is 55.5 Å². The van der Waals surface area contributed by atoms with Gasteiger partial charge in [-0.2, -0.15) is 0 Å². The SMILES string of the molecule is C=[N+](C)C.CCOP(C)(=O)Cc1c[nH]c2ccc(Cl)cc12.CCOP(C)(=O)Cc1cn(C)c2ccc(Cl)cc12.CN(C)Cc1c[nH]c2ccc(Cl)cc12.Clc1ccc2[nH]ccc2c1.[I-]. The highest BCUT2D eigenvalue weighted by Gasteiger charge is 2.20. The van der Waals surface area contributed by atoms with E-state index in [0.717, 1.165) is 65.9 Å². The monoisotopic (exact) mass is 1100 g/mol. The molecule has 0 saturated carbocycles. The molecule has 3 N–H and O–H groups in total. The number of rotatable bonds is 10. The Bertz CT molecular complexity index is 2850. The molecule has 0 bridgehead atoms. The summed E-state index contributed by atoms with van der Waals surface area (Å²) in [5, 5.41) is 7.38. The minimum atomic E-state index is -2.58. The summed E-state index contributed by atoms with van der Waals surface area (Å²) in [7, 11) is 4.73. The molecule has 4 aromatic heterocycles. The van der Waals surface area contributed by atoms with Gasteiger partial charge in [-0.3, -0.25) is 9.13 Å². The van der Waals surface area contributed by atoms with Crippen LogP contribution in [0.4, 0.5) is 0 Å². The summed E-state index contributed by atoms with van der Waals surface area (Å²) in [6.45, 7) is 12.4. The zero-order valence-electron chi connectivity index (χ0n) is 37.8. The van der Waals surface area contributed by atoms with Gasteiger partial charge in [0.25, 0.3) is 0 Å². The molecule has 4 heterocycles. The summed E-state index contributed by atoms with van der Waals surface area (Å²) < 4.78 is 38.8. The number of hydrogen-bond acceptors (Lipinski definition) is 5. The van der Waals surface area contributed by atoms with Gasteiger partial charge >= 0.3 is 0 Å². The third-order valence-electron chi connectivity index (χ3n) is 9.21. The van der Waals surface area contributed by atoms with E-state index in [1.165, 1.54) is 10.9 Å². The number of aryl methyl sites for hydroxylation is 1. The quantitative estimate of drug-likeness (QED) is 0.0547. The first-order chi connectivity index (χ1) is 29.7. The Kier molecular flexibility index (Phi) is 22.2. The van der Waals surface area contributed by atoms with E-state index in [-0.39, 0.29) is 24.0 Å². The van der Waals surface area contributed by atoms with Gasteiger partial charge in [0, 0.05) is 115 Å². The minimum absolute atomic E-state index is 0. The molecule has 0 aliphatic carbocycles. The molecule has 346 valence electrons. The predicted molar refractivity (Wildman–Crippen MR) is 272 cm³/mol. The summed E-state index contributed by atoms with van der Waals surface area (Å²) in [6.07, 6.45) is 8.69. The van der Waals surface area contributed by atoms with E-state index < -0.39 is 14.7 Å². The standard InChI is InChI=1S/C13H17ClNO2P.C12H15ClNO2P.C11H13ClN2.C8H6ClN.C3H8N.HI/c1-4-17-18(3,16)9-10-8-15(2)13-6-5-11(14)7-12(10)13;1-3-16-17(2,15)8-9-7-14-12-5-4-10(13)6-11(9)12;1-14(2)7-8-6-13-11-4-3-9(12)5-10(8)11;9-7-1-2-8-6(5-7)3-4-10-8;1-4(2)3;/h5-8H,4,9H2,1-3H3;4-7,14H,3,8H2,1-2H3;3-6,13H,7H2,1-2H3;1-5,10H;1H2,2-3H3;1H/q;;;;+1;/p-1. The molecule has 0 spiro atoms. The Balaban J connectivity index is 0.000000223. The van der Waals surface area contributed by atoms with Gasteiger partial charge in [0.15, 0.2) is 0 Å². The van der Waals surface area contributed by atoms with E-state index >= 15 is 0 Å². The molecule has 64 heavy (non-hydrogen) atoms. The molecular weight excluding hydrogens is 1040 g/mol. The smallest absolute Gasteiger partial charge is 0.204 e. The number of nitrogens with one attached hydrogen (secondary N) is 3. The van der Waals surface area contributed by atoms with Crippen LogP contribution >= 0.6 is 61.1 Å². The van der Waals surface area contributed by atoms with Crippen molar-refractivity contribution in [3.63, 3.8) is 0 Å². The van der Waals surface area contributed by atoms with Crippen molar-refractivity contribution in [3.8, 4) is 0 Å².